The second kappa shape index (κ2) is 66.6. The van der Waals surface area contributed by atoms with Gasteiger partial charge in [-0.15, -0.1) is 0 Å². The van der Waals surface area contributed by atoms with Crippen molar-refractivity contribution in [2.75, 3.05) is 39.6 Å². The molecule has 0 heterocycles. The highest BCUT2D eigenvalue weighted by Gasteiger charge is 2.30. The van der Waals surface area contributed by atoms with Crippen LogP contribution < -0.4 is 0 Å². The lowest BCUT2D eigenvalue weighted by molar-refractivity contribution is -0.161. The third-order valence-electron chi connectivity index (χ3n) is 17.6. The van der Waals surface area contributed by atoms with Crippen LogP contribution in [-0.4, -0.2) is 96.7 Å². The number of phosphoric acid groups is 2. The van der Waals surface area contributed by atoms with Gasteiger partial charge in [0.2, 0.25) is 0 Å². The van der Waals surface area contributed by atoms with Gasteiger partial charge in [-0.2, -0.15) is 0 Å². The maximum atomic E-state index is 13.1. The fourth-order valence-electron chi connectivity index (χ4n) is 11.6. The number of esters is 4. The summed E-state index contributed by atoms with van der Waals surface area (Å²) >= 11 is 0. The Kier molecular flexibility index (Phi) is 65.2. The summed E-state index contributed by atoms with van der Waals surface area (Å²) in [6.07, 6.45) is 52.6. The van der Waals surface area contributed by atoms with Crippen LogP contribution in [0.15, 0.2) is 0 Å². The topological polar surface area (TPSA) is 237 Å². The molecule has 0 saturated heterocycles. The minimum absolute atomic E-state index is 0.106. The first-order chi connectivity index (χ1) is 45.7. The van der Waals surface area contributed by atoms with Gasteiger partial charge in [-0.25, -0.2) is 9.13 Å². The van der Waals surface area contributed by atoms with Crippen LogP contribution in [0.3, 0.4) is 0 Å². The Balaban J connectivity index is 5.27. The van der Waals surface area contributed by atoms with Crippen LogP contribution in [0.5, 0.6) is 0 Å². The number of aliphatic hydroxyl groups excluding tert-OH is 1. The number of carbonyl (C=O) groups excluding carboxylic acids is 4. The summed E-state index contributed by atoms with van der Waals surface area (Å²) in [5.74, 6) is 0.164. The molecule has 2 unspecified atom stereocenters. The minimum atomic E-state index is -4.96. The van der Waals surface area contributed by atoms with E-state index in [0.29, 0.717) is 25.7 Å². The molecule has 564 valence electrons. The monoisotopic (exact) mass is 1400 g/mol. The van der Waals surface area contributed by atoms with Crippen molar-refractivity contribution in [3.63, 3.8) is 0 Å². The van der Waals surface area contributed by atoms with E-state index in [4.69, 9.17) is 37.0 Å². The van der Waals surface area contributed by atoms with Gasteiger partial charge < -0.3 is 33.8 Å². The van der Waals surface area contributed by atoms with E-state index in [9.17, 15) is 43.2 Å². The first kappa shape index (κ1) is 93.1. The quantitative estimate of drug-likeness (QED) is 0.0222. The zero-order valence-electron chi connectivity index (χ0n) is 62.1. The second-order valence-corrected chi connectivity index (χ2v) is 31.7. The number of aliphatic hydroxyl groups is 1. The van der Waals surface area contributed by atoms with Crippen LogP contribution in [0.25, 0.3) is 0 Å². The fraction of sp³-hybridized carbons (Fsp3) is 0.947. The molecule has 0 saturated carbocycles. The van der Waals surface area contributed by atoms with E-state index in [1.807, 2.05) is 0 Å². The highest BCUT2D eigenvalue weighted by Crippen LogP contribution is 2.45. The molecule has 0 rings (SSSR count). The van der Waals surface area contributed by atoms with Crippen LogP contribution in [0, 0.1) is 17.8 Å². The van der Waals surface area contributed by atoms with Gasteiger partial charge in [-0.3, -0.25) is 37.3 Å². The molecular weight excluding hydrogens is 1250 g/mol. The van der Waals surface area contributed by atoms with E-state index in [0.717, 1.165) is 108 Å². The first-order valence-electron chi connectivity index (χ1n) is 39.3. The summed E-state index contributed by atoms with van der Waals surface area (Å²) in [5, 5.41) is 10.6. The van der Waals surface area contributed by atoms with Crippen LogP contribution in [0.2, 0.25) is 0 Å². The molecule has 17 nitrogen and oxygen atoms in total. The predicted molar refractivity (Wildman–Crippen MR) is 386 cm³/mol. The molecule has 95 heavy (non-hydrogen) atoms. The predicted octanol–water partition coefficient (Wildman–Crippen LogP) is 22.2. The Morgan fingerprint density at radius 3 is 0.716 bits per heavy atom. The number of ether oxygens (including phenoxy) is 4. The van der Waals surface area contributed by atoms with Crippen molar-refractivity contribution < 1.29 is 80.2 Å². The van der Waals surface area contributed by atoms with Crippen LogP contribution in [0.4, 0.5) is 0 Å². The molecule has 0 aromatic heterocycles. The minimum Gasteiger partial charge on any atom is -0.462 e. The highest BCUT2D eigenvalue weighted by molar-refractivity contribution is 7.47. The number of carbonyl (C=O) groups is 4. The summed E-state index contributed by atoms with van der Waals surface area (Å²) in [5.41, 5.74) is 0. The highest BCUT2D eigenvalue weighted by atomic mass is 31.2. The molecule has 0 spiro atoms. The van der Waals surface area contributed by atoms with Gasteiger partial charge in [-0.05, 0) is 43.4 Å². The fourth-order valence-corrected chi connectivity index (χ4v) is 13.2. The average Bonchev–Trinajstić information content (AvgIpc) is 2.48. The second-order valence-electron chi connectivity index (χ2n) is 28.8. The molecule has 0 aliphatic carbocycles. The Labute approximate surface area is 581 Å². The van der Waals surface area contributed by atoms with Crippen molar-refractivity contribution in [1.82, 2.24) is 0 Å². The molecule has 0 aromatic rings. The molecule has 0 fully saturated rings. The van der Waals surface area contributed by atoms with E-state index in [2.05, 4.69) is 48.5 Å². The van der Waals surface area contributed by atoms with Crippen molar-refractivity contribution in [2.24, 2.45) is 17.8 Å². The average molecular weight is 1400 g/mol. The largest absolute Gasteiger partial charge is 0.472 e. The molecule has 0 amide bonds. The van der Waals surface area contributed by atoms with Gasteiger partial charge in [0.05, 0.1) is 26.4 Å². The molecule has 0 bridgehead atoms. The van der Waals surface area contributed by atoms with Crippen molar-refractivity contribution in [1.29, 1.82) is 0 Å². The number of phosphoric ester groups is 2. The van der Waals surface area contributed by atoms with Crippen molar-refractivity contribution in [3.8, 4) is 0 Å². The summed E-state index contributed by atoms with van der Waals surface area (Å²) in [7, 11) is -9.91. The number of rotatable bonds is 74. The molecule has 0 aromatic carbocycles. The third-order valence-corrected chi connectivity index (χ3v) is 19.5. The molecule has 0 aliphatic rings. The number of hydrogen-bond acceptors (Lipinski definition) is 15. The Bertz CT molecular complexity index is 1850. The smallest absolute Gasteiger partial charge is 0.462 e. The summed E-state index contributed by atoms with van der Waals surface area (Å²) in [6.45, 7) is 11.9. The molecule has 0 aliphatic heterocycles. The maximum Gasteiger partial charge on any atom is 0.472 e. The van der Waals surface area contributed by atoms with Crippen molar-refractivity contribution >= 4 is 39.5 Å². The lowest BCUT2D eigenvalue weighted by Crippen LogP contribution is -2.30. The number of unbranched alkanes of at least 4 members (excludes halogenated alkanes) is 42. The SMILES string of the molecule is CCCCCCCCCCCCCCCCCC(=O)O[C@H](COC(=O)CCCCCCCCCCCCCC(C)C)COP(=O)(O)OC[C@@H](O)COP(=O)(O)OC[C@@H](COC(=O)CCCCCCCCCCCC(C)C)OC(=O)CCCCCCCCCCCCCC(C)C. The molecule has 0 radical (unpaired) electrons. The summed E-state index contributed by atoms with van der Waals surface area (Å²) in [4.78, 5) is 72.9. The van der Waals surface area contributed by atoms with Crippen LogP contribution in [0.1, 0.15) is 389 Å². The lowest BCUT2D eigenvalue weighted by atomic mass is 10.0. The van der Waals surface area contributed by atoms with Crippen LogP contribution >= 0.6 is 15.6 Å². The number of hydrogen-bond donors (Lipinski definition) is 3. The zero-order chi connectivity index (χ0) is 70.1. The first-order valence-corrected chi connectivity index (χ1v) is 42.3. The molecule has 5 atom stereocenters. The van der Waals surface area contributed by atoms with Gasteiger partial charge in [0.25, 0.3) is 0 Å². The summed E-state index contributed by atoms with van der Waals surface area (Å²) < 4.78 is 68.6. The van der Waals surface area contributed by atoms with E-state index >= 15 is 0 Å². The van der Waals surface area contributed by atoms with E-state index in [1.54, 1.807) is 0 Å². The van der Waals surface area contributed by atoms with Crippen molar-refractivity contribution in [3.05, 3.63) is 0 Å². The van der Waals surface area contributed by atoms with Crippen molar-refractivity contribution in [2.45, 2.75) is 407 Å². The molecule has 3 N–H and O–H groups in total. The zero-order valence-corrected chi connectivity index (χ0v) is 63.9. The Hall–Kier alpha value is -1.94. The van der Waals surface area contributed by atoms with Gasteiger partial charge in [-0.1, -0.05) is 337 Å². The Morgan fingerprint density at radius 1 is 0.284 bits per heavy atom. The normalized spacial score (nSPS) is 14.1. The maximum absolute atomic E-state index is 13.1. The van der Waals surface area contributed by atoms with Gasteiger partial charge in [0, 0.05) is 25.7 Å². The molecule has 19 heteroatoms. The third kappa shape index (κ3) is 70.3. The lowest BCUT2D eigenvalue weighted by Gasteiger charge is -2.21. The Morgan fingerprint density at radius 2 is 0.484 bits per heavy atom. The summed E-state index contributed by atoms with van der Waals surface area (Å²) in [6, 6.07) is 0. The standard InChI is InChI=1S/C76H148O17P2/c1-8-9-10-11-12-13-14-15-16-17-22-30-38-45-52-59-75(80)92-71(63-86-73(78)57-50-43-36-29-23-18-20-26-33-40-47-54-67(2)3)65-90-94(82,83)88-61-70(77)62-89-95(84,85)91-66-72(64-87-74(79)58-51-44-37-32-25-28-35-42-49-56-69(6)7)93-76(81)60-53-46-39-31-24-19-21-27-34-41-48-55-68(4)5/h67-72,77H,8-66H2,1-7H3,(H,82,83)(H,84,85)/t70-,71-,72-/m1/s1. The van der Waals surface area contributed by atoms with Gasteiger partial charge in [0.15, 0.2) is 12.2 Å². The van der Waals surface area contributed by atoms with Gasteiger partial charge in [0.1, 0.15) is 19.3 Å². The van der Waals surface area contributed by atoms with Gasteiger partial charge >= 0.3 is 39.5 Å². The van der Waals surface area contributed by atoms with E-state index in [1.165, 1.54) is 199 Å². The van der Waals surface area contributed by atoms with Crippen LogP contribution in [-0.2, 0) is 65.4 Å². The van der Waals surface area contributed by atoms with E-state index in [-0.39, 0.29) is 25.7 Å². The molecular formula is C76H148O17P2. The van der Waals surface area contributed by atoms with E-state index < -0.39 is 97.5 Å².